The molecule has 0 bridgehead atoms. The normalized spacial score (nSPS) is 18.4. The summed E-state index contributed by atoms with van der Waals surface area (Å²) in [7, 11) is 1.57. The van der Waals surface area contributed by atoms with Crippen molar-refractivity contribution in [2.75, 3.05) is 13.7 Å². The summed E-state index contributed by atoms with van der Waals surface area (Å²) in [5.41, 5.74) is 1.89. The molecule has 5 nitrogen and oxygen atoms in total. The smallest absolute Gasteiger partial charge is 0.162 e. The fraction of sp³-hybridized carbons (Fsp3) is 0.500. The number of aryl methyl sites for hydroxylation is 1. The van der Waals surface area contributed by atoms with Gasteiger partial charge in [0.25, 0.3) is 0 Å². The lowest BCUT2D eigenvalue weighted by molar-refractivity contribution is 0.232. The van der Waals surface area contributed by atoms with Gasteiger partial charge in [0, 0.05) is 24.6 Å². The number of para-hydroxylation sites is 1. The lowest BCUT2D eigenvalue weighted by Gasteiger charge is -2.23. The SMILES string of the molecule is CCCc1cc([C@H]2CCCN2Cc2cccc(OC)c2O)no1. The van der Waals surface area contributed by atoms with Gasteiger partial charge in [0.2, 0.25) is 0 Å². The molecule has 0 saturated carbocycles. The fourth-order valence-electron chi connectivity index (χ4n) is 3.28. The monoisotopic (exact) mass is 316 g/mol. The molecule has 23 heavy (non-hydrogen) atoms. The molecule has 1 aliphatic rings. The number of hydrogen-bond donors (Lipinski definition) is 1. The van der Waals surface area contributed by atoms with Gasteiger partial charge in [-0.3, -0.25) is 4.90 Å². The third-order valence-electron chi connectivity index (χ3n) is 4.45. The highest BCUT2D eigenvalue weighted by Crippen LogP contribution is 2.36. The number of aromatic hydroxyl groups is 1. The van der Waals surface area contributed by atoms with E-state index >= 15 is 0 Å². The Bertz CT molecular complexity index is 653. The molecule has 1 aromatic heterocycles. The molecule has 2 aromatic rings. The molecule has 124 valence electrons. The Morgan fingerprint density at radius 3 is 3.09 bits per heavy atom. The molecule has 1 aliphatic heterocycles. The Hall–Kier alpha value is -2.01. The maximum atomic E-state index is 10.3. The van der Waals surface area contributed by atoms with Crippen molar-refractivity contribution in [1.29, 1.82) is 0 Å². The van der Waals surface area contributed by atoms with Gasteiger partial charge in [0.05, 0.1) is 13.2 Å². The van der Waals surface area contributed by atoms with Gasteiger partial charge in [-0.15, -0.1) is 0 Å². The Kier molecular flexibility index (Phi) is 4.86. The number of likely N-dealkylation sites (tertiary alicyclic amines) is 1. The summed E-state index contributed by atoms with van der Waals surface area (Å²) in [6.07, 6.45) is 4.19. The van der Waals surface area contributed by atoms with Crippen molar-refractivity contribution >= 4 is 0 Å². The van der Waals surface area contributed by atoms with Crippen molar-refractivity contribution in [3.63, 3.8) is 0 Å². The average molecular weight is 316 g/mol. The molecule has 1 atom stereocenters. The van der Waals surface area contributed by atoms with E-state index in [-0.39, 0.29) is 11.8 Å². The minimum Gasteiger partial charge on any atom is -0.504 e. The van der Waals surface area contributed by atoms with Crippen LogP contribution in [0.2, 0.25) is 0 Å². The highest BCUT2D eigenvalue weighted by Gasteiger charge is 2.29. The summed E-state index contributed by atoms with van der Waals surface area (Å²) in [6.45, 7) is 3.82. The van der Waals surface area contributed by atoms with E-state index in [2.05, 4.69) is 23.0 Å². The van der Waals surface area contributed by atoms with E-state index < -0.39 is 0 Å². The van der Waals surface area contributed by atoms with Crippen LogP contribution in [0.4, 0.5) is 0 Å². The van der Waals surface area contributed by atoms with E-state index in [1.807, 2.05) is 12.1 Å². The van der Waals surface area contributed by atoms with Crippen molar-refractivity contribution in [3.05, 3.63) is 41.3 Å². The average Bonchev–Trinajstić information content (AvgIpc) is 3.19. The molecule has 1 saturated heterocycles. The quantitative estimate of drug-likeness (QED) is 0.881. The summed E-state index contributed by atoms with van der Waals surface area (Å²) < 4.78 is 10.6. The van der Waals surface area contributed by atoms with Gasteiger partial charge in [-0.05, 0) is 31.9 Å². The Morgan fingerprint density at radius 1 is 1.43 bits per heavy atom. The van der Waals surface area contributed by atoms with Crippen LogP contribution in [0.15, 0.2) is 28.8 Å². The third-order valence-corrected chi connectivity index (χ3v) is 4.45. The number of ether oxygens (including phenoxy) is 1. The molecule has 1 aromatic carbocycles. The third kappa shape index (κ3) is 3.34. The van der Waals surface area contributed by atoms with Crippen LogP contribution in [0, 0.1) is 0 Å². The number of hydrogen-bond acceptors (Lipinski definition) is 5. The van der Waals surface area contributed by atoms with Crippen LogP contribution in [-0.4, -0.2) is 28.8 Å². The van der Waals surface area contributed by atoms with Crippen LogP contribution in [0.1, 0.15) is 49.2 Å². The van der Waals surface area contributed by atoms with Gasteiger partial charge in [0.15, 0.2) is 11.5 Å². The zero-order chi connectivity index (χ0) is 16.2. The van der Waals surface area contributed by atoms with Crippen LogP contribution in [-0.2, 0) is 13.0 Å². The topological polar surface area (TPSA) is 58.7 Å². The molecule has 0 spiro atoms. The standard InChI is InChI=1S/C18H24N2O3/c1-3-6-14-11-15(19-23-14)16-8-5-10-20(16)12-13-7-4-9-17(22-2)18(13)21/h4,7,9,11,16,21H,3,5-6,8,10,12H2,1-2H3/t16-/m1/s1. The summed E-state index contributed by atoms with van der Waals surface area (Å²) >= 11 is 0. The number of methoxy groups -OCH3 is 1. The minimum atomic E-state index is 0.229. The van der Waals surface area contributed by atoms with E-state index in [1.165, 1.54) is 0 Å². The predicted molar refractivity (Wildman–Crippen MR) is 87.5 cm³/mol. The van der Waals surface area contributed by atoms with E-state index in [1.54, 1.807) is 13.2 Å². The molecule has 0 amide bonds. The second-order valence-electron chi connectivity index (χ2n) is 6.06. The van der Waals surface area contributed by atoms with E-state index in [0.717, 1.165) is 49.2 Å². The van der Waals surface area contributed by atoms with E-state index in [0.29, 0.717) is 12.3 Å². The van der Waals surface area contributed by atoms with Crippen LogP contribution in [0.3, 0.4) is 0 Å². The number of benzene rings is 1. The molecule has 3 rings (SSSR count). The van der Waals surface area contributed by atoms with Gasteiger partial charge in [-0.1, -0.05) is 24.2 Å². The lowest BCUT2D eigenvalue weighted by atomic mass is 10.1. The van der Waals surface area contributed by atoms with Crippen LogP contribution < -0.4 is 4.74 Å². The molecule has 0 radical (unpaired) electrons. The van der Waals surface area contributed by atoms with Gasteiger partial charge < -0.3 is 14.4 Å². The fourth-order valence-corrected chi connectivity index (χ4v) is 3.28. The molecule has 1 N–H and O–H groups in total. The Balaban J connectivity index is 1.76. The van der Waals surface area contributed by atoms with Crippen LogP contribution in [0.25, 0.3) is 0 Å². The highest BCUT2D eigenvalue weighted by atomic mass is 16.5. The van der Waals surface area contributed by atoms with Gasteiger partial charge in [-0.25, -0.2) is 0 Å². The van der Waals surface area contributed by atoms with Crippen molar-refractivity contribution < 1.29 is 14.4 Å². The summed E-state index contributed by atoms with van der Waals surface area (Å²) in [4.78, 5) is 2.35. The highest BCUT2D eigenvalue weighted by molar-refractivity contribution is 5.45. The number of phenols is 1. The maximum absolute atomic E-state index is 10.3. The minimum absolute atomic E-state index is 0.229. The Morgan fingerprint density at radius 2 is 2.30 bits per heavy atom. The molecule has 5 heteroatoms. The number of rotatable bonds is 6. The number of aromatic nitrogens is 1. The zero-order valence-electron chi connectivity index (χ0n) is 13.8. The van der Waals surface area contributed by atoms with Crippen molar-refractivity contribution in [2.24, 2.45) is 0 Å². The molecule has 2 heterocycles. The number of phenolic OH excluding ortho intramolecular Hbond substituents is 1. The van der Waals surface area contributed by atoms with Crippen molar-refractivity contribution in [3.8, 4) is 11.5 Å². The van der Waals surface area contributed by atoms with Gasteiger partial charge in [0.1, 0.15) is 11.5 Å². The Labute approximate surface area is 136 Å². The maximum Gasteiger partial charge on any atom is 0.162 e. The summed E-state index contributed by atoms with van der Waals surface area (Å²) in [5, 5.41) is 14.6. The van der Waals surface area contributed by atoms with Gasteiger partial charge >= 0.3 is 0 Å². The largest absolute Gasteiger partial charge is 0.504 e. The zero-order valence-corrected chi connectivity index (χ0v) is 13.8. The lowest BCUT2D eigenvalue weighted by Crippen LogP contribution is -2.23. The molecule has 1 fully saturated rings. The first-order valence-electron chi connectivity index (χ1n) is 8.27. The second kappa shape index (κ2) is 7.04. The first-order chi connectivity index (χ1) is 11.2. The van der Waals surface area contributed by atoms with Crippen molar-refractivity contribution in [2.45, 2.75) is 45.2 Å². The van der Waals surface area contributed by atoms with Crippen LogP contribution >= 0.6 is 0 Å². The first kappa shape index (κ1) is 15.9. The summed E-state index contributed by atoms with van der Waals surface area (Å²) in [6, 6.07) is 7.97. The molecular formula is C18H24N2O3. The van der Waals surface area contributed by atoms with Gasteiger partial charge in [-0.2, -0.15) is 0 Å². The number of nitrogens with zero attached hydrogens (tertiary/aromatic N) is 2. The second-order valence-corrected chi connectivity index (χ2v) is 6.06. The molecule has 0 aliphatic carbocycles. The summed E-state index contributed by atoms with van der Waals surface area (Å²) in [5.74, 6) is 1.70. The van der Waals surface area contributed by atoms with Crippen molar-refractivity contribution in [1.82, 2.24) is 10.1 Å². The van der Waals surface area contributed by atoms with Crippen LogP contribution in [0.5, 0.6) is 11.5 Å². The van der Waals surface area contributed by atoms with E-state index in [9.17, 15) is 5.11 Å². The molecule has 0 unspecified atom stereocenters. The molecular weight excluding hydrogens is 292 g/mol. The predicted octanol–water partition coefficient (Wildman–Crippen LogP) is 3.68. The first-order valence-corrected chi connectivity index (χ1v) is 8.27. The van der Waals surface area contributed by atoms with E-state index in [4.69, 9.17) is 9.26 Å².